The van der Waals surface area contributed by atoms with Gasteiger partial charge in [0.2, 0.25) is 0 Å². The Morgan fingerprint density at radius 1 is 0.958 bits per heavy atom. The molecule has 1 aliphatic heterocycles. The quantitative estimate of drug-likeness (QED) is 0.491. The molecule has 2 amide bonds. The number of carbonyl (C=O) groups is 2. The second-order valence-corrected chi connectivity index (χ2v) is 6.85. The van der Waals surface area contributed by atoms with Gasteiger partial charge in [-0.3, -0.25) is 20.2 Å². The molecular formula is C17H11ClN2O2S2. The van der Waals surface area contributed by atoms with E-state index < -0.39 is 11.8 Å². The number of thiocarbonyl (C=S) groups is 1. The van der Waals surface area contributed by atoms with Crippen molar-refractivity contribution in [3.8, 4) is 0 Å². The number of amides is 2. The Morgan fingerprint density at radius 2 is 1.58 bits per heavy atom. The minimum absolute atomic E-state index is 0.0194. The van der Waals surface area contributed by atoms with Gasteiger partial charge in [-0.05, 0) is 54.2 Å². The number of hydrogen-bond acceptors (Lipinski definition) is 4. The third-order valence-corrected chi connectivity index (χ3v) is 4.76. The lowest BCUT2D eigenvalue weighted by Gasteiger charge is -2.16. The fourth-order valence-electron chi connectivity index (χ4n) is 2.08. The molecule has 120 valence electrons. The predicted molar refractivity (Wildman–Crippen MR) is 98.9 cm³/mol. The van der Waals surface area contributed by atoms with E-state index in [1.165, 1.54) is 11.8 Å². The van der Waals surface area contributed by atoms with Crippen LogP contribution in [0.2, 0.25) is 5.02 Å². The molecule has 0 spiro atoms. The van der Waals surface area contributed by atoms with Gasteiger partial charge in [0, 0.05) is 14.8 Å². The molecule has 2 N–H and O–H groups in total. The summed E-state index contributed by atoms with van der Waals surface area (Å²) in [4.78, 5) is 25.9. The van der Waals surface area contributed by atoms with E-state index in [1.54, 1.807) is 6.08 Å². The Kier molecular flexibility index (Phi) is 4.99. The van der Waals surface area contributed by atoms with E-state index in [2.05, 4.69) is 10.6 Å². The van der Waals surface area contributed by atoms with Gasteiger partial charge in [0.1, 0.15) is 5.57 Å². The van der Waals surface area contributed by atoms with E-state index in [0.29, 0.717) is 5.02 Å². The zero-order chi connectivity index (χ0) is 17.1. The van der Waals surface area contributed by atoms with Crippen LogP contribution >= 0.6 is 35.6 Å². The largest absolute Gasteiger partial charge is 0.299 e. The molecule has 0 saturated carbocycles. The minimum Gasteiger partial charge on any atom is -0.299 e. The molecular weight excluding hydrogens is 364 g/mol. The first kappa shape index (κ1) is 16.7. The van der Waals surface area contributed by atoms with Crippen LogP contribution in [-0.2, 0) is 9.59 Å². The van der Waals surface area contributed by atoms with Gasteiger partial charge in [-0.2, -0.15) is 0 Å². The zero-order valence-electron chi connectivity index (χ0n) is 12.2. The van der Waals surface area contributed by atoms with Gasteiger partial charge in [-0.1, -0.05) is 41.6 Å². The van der Waals surface area contributed by atoms with Crippen LogP contribution in [0.5, 0.6) is 0 Å². The summed E-state index contributed by atoms with van der Waals surface area (Å²) in [6.45, 7) is 0. The van der Waals surface area contributed by atoms with Crippen LogP contribution in [-0.4, -0.2) is 16.9 Å². The molecule has 1 aliphatic rings. The SMILES string of the molecule is O=C1NC(=S)NC(=O)C1=Cc1ccccc1Sc1ccc(Cl)cc1. The van der Waals surface area contributed by atoms with E-state index in [1.807, 2.05) is 48.5 Å². The first-order chi connectivity index (χ1) is 11.5. The molecule has 4 nitrogen and oxygen atoms in total. The van der Waals surface area contributed by atoms with Crippen molar-refractivity contribution in [3.05, 3.63) is 64.7 Å². The summed E-state index contributed by atoms with van der Waals surface area (Å²) in [7, 11) is 0. The number of nitrogens with one attached hydrogen (secondary N) is 2. The lowest BCUT2D eigenvalue weighted by atomic mass is 10.1. The molecule has 2 aromatic rings. The molecule has 0 radical (unpaired) electrons. The summed E-state index contributed by atoms with van der Waals surface area (Å²) in [6.07, 6.45) is 1.56. The Labute approximate surface area is 153 Å². The standard InChI is InChI=1S/C17H11ClN2O2S2/c18-11-5-7-12(8-6-11)24-14-4-2-1-3-10(14)9-13-15(21)19-17(23)20-16(13)22/h1-9H,(H2,19,20,21,22,23). The number of benzene rings is 2. The van der Waals surface area contributed by atoms with E-state index in [9.17, 15) is 9.59 Å². The molecule has 7 heteroatoms. The summed E-state index contributed by atoms with van der Waals surface area (Å²) in [5, 5.41) is 5.54. The summed E-state index contributed by atoms with van der Waals surface area (Å²) in [5.41, 5.74) is 0.790. The van der Waals surface area contributed by atoms with Crippen LogP contribution in [0.15, 0.2) is 63.9 Å². The van der Waals surface area contributed by atoms with Crippen LogP contribution < -0.4 is 10.6 Å². The lowest BCUT2D eigenvalue weighted by Crippen LogP contribution is -2.51. The zero-order valence-corrected chi connectivity index (χ0v) is 14.6. The van der Waals surface area contributed by atoms with Crippen molar-refractivity contribution in [2.45, 2.75) is 9.79 Å². The van der Waals surface area contributed by atoms with Crippen molar-refractivity contribution in [2.75, 3.05) is 0 Å². The van der Waals surface area contributed by atoms with Gasteiger partial charge < -0.3 is 0 Å². The highest BCUT2D eigenvalue weighted by atomic mass is 35.5. The molecule has 2 aromatic carbocycles. The highest BCUT2D eigenvalue weighted by Crippen LogP contribution is 2.32. The maximum atomic E-state index is 12.0. The summed E-state index contributed by atoms with van der Waals surface area (Å²) >= 11 is 12.2. The second-order valence-electron chi connectivity index (χ2n) is 4.89. The number of carbonyl (C=O) groups excluding carboxylic acids is 2. The van der Waals surface area contributed by atoms with Crippen molar-refractivity contribution >= 4 is 58.6 Å². The van der Waals surface area contributed by atoms with Crippen molar-refractivity contribution < 1.29 is 9.59 Å². The van der Waals surface area contributed by atoms with Crippen LogP contribution in [0.1, 0.15) is 5.56 Å². The van der Waals surface area contributed by atoms with Gasteiger partial charge in [-0.25, -0.2) is 0 Å². The van der Waals surface area contributed by atoms with Crippen molar-refractivity contribution in [3.63, 3.8) is 0 Å². The average molecular weight is 375 g/mol. The second kappa shape index (κ2) is 7.17. The van der Waals surface area contributed by atoms with E-state index in [-0.39, 0.29) is 10.7 Å². The van der Waals surface area contributed by atoms with Crippen molar-refractivity contribution in [2.24, 2.45) is 0 Å². The van der Waals surface area contributed by atoms with E-state index in [0.717, 1.165) is 15.4 Å². The normalized spacial score (nSPS) is 14.2. The van der Waals surface area contributed by atoms with Crippen molar-refractivity contribution in [1.29, 1.82) is 0 Å². The smallest absolute Gasteiger partial charge is 0.263 e. The van der Waals surface area contributed by atoms with Crippen LogP contribution in [0.25, 0.3) is 6.08 Å². The lowest BCUT2D eigenvalue weighted by molar-refractivity contribution is -0.123. The van der Waals surface area contributed by atoms with Gasteiger partial charge in [0.05, 0.1) is 0 Å². The van der Waals surface area contributed by atoms with Crippen molar-refractivity contribution in [1.82, 2.24) is 10.6 Å². The highest BCUT2D eigenvalue weighted by molar-refractivity contribution is 7.99. The minimum atomic E-state index is -0.505. The molecule has 0 aromatic heterocycles. The van der Waals surface area contributed by atoms with Gasteiger partial charge in [-0.15, -0.1) is 0 Å². The van der Waals surface area contributed by atoms with Gasteiger partial charge in [0.25, 0.3) is 11.8 Å². The molecule has 0 bridgehead atoms. The summed E-state index contributed by atoms with van der Waals surface area (Å²) < 4.78 is 0. The van der Waals surface area contributed by atoms with Gasteiger partial charge >= 0.3 is 0 Å². The first-order valence-corrected chi connectivity index (χ1v) is 8.54. The summed E-state index contributed by atoms with van der Waals surface area (Å²) in [5.74, 6) is -1.01. The van der Waals surface area contributed by atoms with E-state index >= 15 is 0 Å². The molecule has 0 unspecified atom stereocenters. The van der Waals surface area contributed by atoms with Crippen LogP contribution in [0.4, 0.5) is 0 Å². The fourth-order valence-corrected chi connectivity index (χ4v) is 3.31. The highest BCUT2D eigenvalue weighted by Gasteiger charge is 2.25. The third-order valence-electron chi connectivity index (χ3n) is 3.20. The molecule has 3 rings (SSSR count). The van der Waals surface area contributed by atoms with E-state index in [4.69, 9.17) is 23.8 Å². The summed E-state index contributed by atoms with van der Waals surface area (Å²) in [6, 6.07) is 15.0. The molecule has 1 saturated heterocycles. The number of rotatable bonds is 3. The third kappa shape index (κ3) is 3.84. The average Bonchev–Trinajstić information content (AvgIpc) is 2.54. The molecule has 1 heterocycles. The molecule has 0 aliphatic carbocycles. The molecule has 0 atom stereocenters. The Bertz CT molecular complexity index is 841. The maximum Gasteiger partial charge on any atom is 0.263 e. The maximum absolute atomic E-state index is 12.0. The Hall–Kier alpha value is -2.15. The predicted octanol–water partition coefficient (Wildman–Crippen LogP) is 3.41. The molecule has 24 heavy (non-hydrogen) atoms. The Balaban J connectivity index is 1.93. The number of halogens is 1. The first-order valence-electron chi connectivity index (χ1n) is 6.94. The van der Waals surface area contributed by atoms with Crippen LogP contribution in [0.3, 0.4) is 0 Å². The molecule has 1 fully saturated rings. The Morgan fingerprint density at radius 3 is 2.25 bits per heavy atom. The monoisotopic (exact) mass is 374 g/mol. The number of hydrogen-bond donors (Lipinski definition) is 2. The fraction of sp³-hybridized carbons (Fsp3) is 0. The topological polar surface area (TPSA) is 58.2 Å². The van der Waals surface area contributed by atoms with Gasteiger partial charge in [0.15, 0.2) is 5.11 Å². The van der Waals surface area contributed by atoms with Crippen LogP contribution in [0, 0.1) is 0 Å².